The summed E-state index contributed by atoms with van der Waals surface area (Å²) in [6, 6.07) is 8.16. The zero-order valence-electron chi connectivity index (χ0n) is 7.32. The van der Waals surface area contributed by atoms with Crippen LogP contribution in [0, 0.1) is 3.57 Å². The molecule has 0 fully saturated rings. The Morgan fingerprint density at radius 3 is 2.93 bits per heavy atom. The third-order valence-electron chi connectivity index (χ3n) is 1.86. The summed E-state index contributed by atoms with van der Waals surface area (Å²) in [7, 11) is 0. The van der Waals surface area contributed by atoms with Crippen molar-refractivity contribution in [2.75, 3.05) is 0 Å². The lowest BCUT2D eigenvalue weighted by molar-refractivity contribution is 0.879. The van der Waals surface area contributed by atoms with E-state index in [-0.39, 0.29) is 0 Å². The number of aromatic nitrogens is 2. The molecule has 0 aliphatic carbocycles. The van der Waals surface area contributed by atoms with E-state index in [9.17, 15) is 0 Å². The molecule has 72 valence electrons. The van der Waals surface area contributed by atoms with Crippen LogP contribution in [0.25, 0.3) is 5.69 Å². The Kier molecular flexibility index (Phi) is 3.08. The van der Waals surface area contributed by atoms with Gasteiger partial charge in [-0.2, -0.15) is 5.10 Å². The topological polar surface area (TPSA) is 17.8 Å². The van der Waals surface area contributed by atoms with Gasteiger partial charge >= 0.3 is 0 Å². The molecule has 0 bridgehead atoms. The van der Waals surface area contributed by atoms with Crippen LogP contribution in [0.1, 0.15) is 5.56 Å². The lowest BCUT2D eigenvalue weighted by Crippen LogP contribution is -1.93. The number of benzene rings is 1. The molecular formula is C10H8ClIN2. The van der Waals surface area contributed by atoms with Crippen LogP contribution in [-0.2, 0) is 5.88 Å². The number of hydrogen-bond acceptors (Lipinski definition) is 1. The van der Waals surface area contributed by atoms with E-state index in [0.717, 1.165) is 11.3 Å². The molecule has 0 amide bonds. The molecule has 0 radical (unpaired) electrons. The van der Waals surface area contributed by atoms with E-state index in [0.29, 0.717) is 5.88 Å². The van der Waals surface area contributed by atoms with Crippen LogP contribution in [0.15, 0.2) is 36.7 Å². The van der Waals surface area contributed by atoms with Gasteiger partial charge in [0.05, 0.1) is 17.8 Å². The van der Waals surface area contributed by atoms with Gasteiger partial charge < -0.3 is 0 Å². The minimum absolute atomic E-state index is 0.504. The molecule has 0 saturated heterocycles. The van der Waals surface area contributed by atoms with Crippen molar-refractivity contribution in [2.45, 2.75) is 5.88 Å². The van der Waals surface area contributed by atoms with Crippen molar-refractivity contribution >= 4 is 34.2 Å². The largest absolute Gasteiger partial charge is 0.241 e. The maximum atomic E-state index is 5.70. The van der Waals surface area contributed by atoms with E-state index in [2.05, 4.69) is 39.8 Å². The van der Waals surface area contributed by atoms with Crippen LogP contribution >= 0.6 is 34.2 Å². The van der Waals surface area contributed by atoms with Gasteiger partial charge in [0.1, 0.15) is 0 Å². The first-order chi connectivity index (χ1) is 6.79. The molecule has 0 spiro atoms. The summed E-state index contributed by atoms with van der Waals surface area (Å²) in [4.78, 5) is 0. The summed E-state index contributed by atoms with van der Waals surface area (Å²) in [6.07, 6.45) is 3.73. The van der Waals surface area contributed by atoms with Crippen LogP contribution in [0.2, 0.25) is 0 Å². The van der Waals surface area contributed by atoms with E-state index < -0.39 is 0 Å². The van der Waals surface area contributed by atoms with Gasteiger partial charge in [0.2, 0.25) is 0 Å². The van der Waals surface area contributed by atoms with E-state index in [1.807, 2.05) is 23.0 Å². The first-order valence-electron chi connectivity index (χ1n) is 4.15. The first kappa shape index (κ1) is 9.98. The van der Waals surface area contributed by atoms with Gasteiger partial charge in [-0.3, -0.25) is 0 Å². The van der Waals surface area contributed by atoms with Crippen molar-refractivity contribution in [3.8, 4) is 5.69 Å². The lowest BCUT2D eigenvalue weighted by atomic mass is 10.3. The van der Waals surface area contributed by atoms with Crippen LogP contribution in [-0.4, -0.2) is 9.78 Å². The Hall–Kier alpha value is -0.550. The molecule has 0 aliphatic rings. The number of rotatable bonds is 2. The monoisotopic (exact) mass is 318 g/mol. The van der Waals surface area contributed by atoms with Crippen LogP contribution in [0.3, 0.4) is 0 Å². The Morgan fingerprint density at radius 2 is 2.29 bits per heavy atom. The molecule has 1 heterocycles. The lowest BCUT2D eigenvalue weighted by Gasteiger charge is -2.00. The molecule has 4 heteroatoms. The highest BCUT2D eigenvalue weighted by molar-refractivity contribution is 14.1. The second kappa shape index (κ2) is 4.31. The molecule has 0 N–H and O–H groups in total. The van der Waals surface area contributed by atoms with Crippen molar-refractivity contribution in [2.24, 2.45) is 0 Å². The molecule has 2 rings (SSSR count). The standard InChI is InChI=1S/C10H8ClIN2/c11-5-8-6-13-14(7-8)10-3-1-2-9(12)4-10/h1-4,6-7H,5H2. The normalized spacial score (nSPS) is 10.4. The zero-order valence-corrected chi connectivity index (χ0v) is 10.2. The maximum Gasteiger partial charge on any atom is 0.0656 e. The van der Waals surface area contributed by atoms with Crippen molar-refractivity contribution in [1.82, 2.24) is 9.78 Å². The molecule has 2 nitrogen and oxygen atoms in total. The van der Waals surface area contributed by atoms with Crippen molar-refractivity contribution in [3.05, 3.63) is 45.8 Å². The molecule has 1 aromatic heterocycles. The Bertz CT molecular complexity index is 439. The summed E-state index contributed by atoms with van der Waals surface area (Å²) >= 11 is 7.99. The Balaban J connectivity index is 2.39. The highest BCUT2D eigenvalue weighted by Crippen LogP contribution is 2.13. The molecule has 14 heavy (non-hydrogen) atoms. The number of hydrogen-bond donors (Lipinski definition) is 0. The number of nitrogens with zero attached hydrogens (tertiary/aromatic N) is 2. The minimum Gasteiger partial charge on any atom is -0.241 e. The van der Waals surface area contributed by atoms with Crippen LogP contribution in [0.5, 0.6) is 0 Å². The highest BCUT2D eigenvalue weighted by Gasteiger charge is 1.99. The average Bonchev–Trinajstić information content (AvgIpc) is 2.66. The van der Waals surface area contributed by atoms with Gasteiger partial charge in [0.25, 0.3) is 0 Å². The summed E-state index contributed by atoms with van der Waals surface area (Å²) in [6.45, 7) is 0. The second-order valence-corrected chi connectivity index (χ2v) is 4.42. The molecule has 0 unspecified atom stereocenters. The van der Waals surface area contributed by atoms with Gasteiger partial charge in [-0.15, -0.1) is 11.6 Å². The third kappa shape index (κ3) is 2.09. The third-order valence-corrected chi connectivity index (χ3v) is 2.84. The molecule has 0 aliphatic heterocycles. The molecule has 0 saturated carbocycles. The van der Waals surface area contributed by atoms with E-state index in [4.69, 9.17) is 11.6 Å². The number of halogens is 2. The predicted octanol–water partition coefficient (Wildman–Crippen LogP) is 3.22. The van der Waals surface area contributed by atoms with Crippen molar-refractivity contribution < 1.29 is 0 Å². The number of alkyl halides is 1. The predicted molar refractivity (Wildman–Crippen MR) is 65.8 cm³/mol. The van der Waals surface area contributed by atoms with Gasteiger partial charge in [-0.1, -0.05) is 6.07 Å². The molecule has 2 aromatic rings. The zero-order chi connectivity index (χ0) is 9.97. The van der Waals surface area contributed by atoms with Gasteiger partial charge in [0, 0.05) is 15.3 Å². The van der Waals surface area contributed by atoms with E-state index in [1.54, 1.807) is 6.20 Å². The second-order valence-electron chi connectivity index (χ2n) is 2.91. The summed E-state index contributed by atoms with van der Waals surface area (Å²) in [5.74, 6) is 0.504. The molecular weight excluding hydrogens is 310 g/mol. The fraction of sp³-hybridized carbons (Fsp3) is 0.100. The fourth-order valence-corrected chi connectivity index (χ4v) is 1.85. The maximum absolute atomic E-state index is 5.70. The van der Waals surface area contributed by atoms with Crippen molar-refractivity contribution in [3.63, 3.8) is 0 Å². The minimum atomic E-state index is 0.504. The Labute approximate surface area is 101 Å². The summed E-state index contributed by atoms with van der Waals surface area (Å²) < 4.78 is 3.03. The average molecular weight is 319 g/mol. The van der Waals surface area contributed by atoms with E-state index >= 15 is 0 Å². The summed E-state index contributed by atoms with van der Waals surface area (Å²) in [5.41, 5.74) is 2.10. The highest BCUT2D eigenvalue weighted by atomic mass is 127. The Morgan fingerprint density at radius 1 is 1.43 bits per heavy atom. The molecule has 1 aromatic carbocycles. The van der Waals surface area contributed by atoms with Crippen molar-refractivity contribution in [1.29, 1.82) is 0 Å². The van der Waals surface area contributed by atoms with Gasteiger partial charge in [0.15, 0.2) is 0 Å². The van der Waals surface area contributed by atoms with Crippen LogP contribution < -0.4 is 0 Å². The quantitative estimate of drug-likeness (QED) is 0.614. The van der Waals surface area contributed by atoms with Gasteiger partial charge in [-0.25, -0.2) is 4.68 Å². The summed E-state index contributed by atoms with van der Waals surface area (Å²) in [5, 5.41) is 4.23. The SMILES string of the molecule is ClCc1cnn(-c2cccc(I)c2)c1. The fourth-order valence-electron chi connectivity index (χ4n) is 1.19. The smallest absolute Gasteiger partial charge is 0.0656 e. The first-order valence-corrected chi connectivity index (χ1v) is 5.76. The molecule has 0 atom stereocenters. The van der Waals surface area contributed by atoms with Gasteiger partial charge in [-0.05, 0) is 40.8 Å². The van der Waals surface area contributed by atoms with E-state index in [1.165, 1.54) is 3.57 Å². The van der Waals surface area contributed by atoms with Crippen LogP contribution in [0.4, 0.5) is 0 Å².